The number of nitrogens with one attached hydrogen (secondary N) is 1. The first-order valence-corrected chi connectivity index (χ1v) is 12.3. The minimum absolute atomic E-state index is 0.182. The summed E-state index contributed by atoms with van der Waals surface area (Å²) in [5.41, 5.74) is 5.50. The Morgan fingerprint density at radius 1 is 1.00 bits per heavy atom. The number of primary amides is 1. The molecular weight excluding hydrogens is 443 g/mol. The van der Waals surface area contributed by atoms with Gasteiger partial charge in [0.15, 0.2) is 5.82 Å². The Morgan fingerprint density at radius 2 is 1.59 bits per heavy atom. The van der Waals surface area contributed by atoms with Crippen LogP contribution in [0.25, 0.3) is 0 Å². The second-order valence-electron chi connectivity index (χ2n) is 10.2. The van der Waals surface area contributed by atoms with Gasteiger partial charge in [0.2, 0.25) is 0 Å². The molecule has 2 aromatic rings. The van der Waals surface area contributed by atoms with Crippen LogP contribution in [0.4, 0.5) is 24.7 Å². The highest BCUT2D eigenvalue weighted by Gasteiger charge is 2.35. The minimum atomic E-state index is -4.40. The molecule has 1 aromatic heterocycles. The number of carbonyl (C=O) groups is 1. The number of rotatable bonds is 9. The highest BCUT2D eigenvalue weighted by atomic mass is 19.4. The van der Waals surface area contributed by atoms with Gasteiger partial charge in [-0.05, 0) is 87.5 Å². The summed E-state index contributed by atoms with van der Waals surface area (Å²) in [4.78, 5) is 14.8. The van der Waals surface area contributed by atoms with Crippen molar-refractivity contribution in [3.8, 4) is 0 Å². The monoisotopic (exact) mass is 475 g/mol. The van der Waals surface area contributed by atoms with Gasteiger partial charge >= 0.3 is 6.18 Å². The standard InChI is InChI=1S/C25H32F3N5O/c26-25(27,28)18-5-7-19(8-6-18)30-24-22(23(29)34)15-33(31-24)21-11-9-20(10-12-21)32(13-16-1-2-16)14-17-3-4-17/h5-8,15-17,20-21H,1-4,9-14H2,(H2,29,34)(H,30,31). The van der Waals surface area contributed by atoms with E-state index in [0.29, 0.717) is 11.7 Å². The van der Waals surface area contributed by atoms with Crippen LogP contribution in [0.3, 0.4) is 0 Å². The lowest BCUT2D eigenvalue weighted by molar-refractivity contribution is -0.137. The Balaban J connectivity index is 1.24. The van der Waals surface area contributed by atoms with E-state index in [1.807, 2.05) is 4.68 Å². The van der Waals surface area contributed by atoms with Crippen molar-refractivity contribution in [3.05, 3.63) is 41.6 Å². The average Bonchev–Trinajstić information content (AvgIpc) is 3.73. The van der Waals surface area contributed by atoms with Gasteiger partial charge in [0, 0.05) is 31.0 Å². The van der Waals surface area contributed by atoms with Crippen LogP contribution in [0.1, 0.15) is 73.3 Å². The normalized spacial score (nSPS) is 23.3. The Bertz CT molecular complexity index is 989. The van der Waals surface area contributed by atoms with Crippen LogP contribution in [0.2, 0.25) is 0 Å². The van der Waals surface area contributed by atoms with E-state index in [1.165, 1.54) is 50.9 Å². The number of hydrogen-bond acceptors (Lipinski definition) is 4. The number of amides is 1. The molecular formula is C25H32F3N5O. The van der Waals surface area contributed by atoms with Crippen LogP contribution in [0.15, 0.2) is 30.5 Å². The third kappa shape index (κ3) is 5.56. The fourth-order valence-corrected chi connectivity index (χ4v) is 5.06. The first kappa shape index (κ1) is 23.2. The van der Waals surface area contributed by atoms with Gasteiger partial charge in [-0.2, -0.15) is 18.3 Å². The van der Waals surface area contributed by atoms with E-state index >= 15 is 0 Å². The molecule has 3 aliphatic rings. The van der Waals surface area contributed by atoms with Crippen molar-refractivity contribution < 1.29 is 18.0 Å². The maximum Gasteiger partial charge on any atom is 0.416 e. The molecule has 9 heteroatoms. The van der Waals surface area contributed by atoms with Crippen LogP contribution in [0, 0.1) is 11.8 Å². The fraction of sp³-hybridized carbons (Fsp3) is 0.600. The Hall–Kier alpha value is -2.55. The van der Waals surface area contributed by atoms with Crippen molar-refractivity contribution in [3.63, 3.8) is 0 Å². The molecule has 0 bridgehead atoms. The van der Waals surface area contributed by atoms with Crippen molar-refractivity contribution in [2.45, 2.75) is 69.6 Å². The molecule has 184 valence electrons. The minimum Gasteiger partial charge on any atom is -0.365 e. The van der Waals surface area contributed by atoms with Gasteiger partial charge in [0.25, 0.3) is 5.91 Å². The number of halogens is 3. The summed E-state index contributed by atoms with van der Waals surface area (Å²) in [6.45, 7) is 2.47. The van der Waals surface area contributed by atoms with Gasteiger partial charge in [-0.25, -0.2) is 0 Å². The quantitative estimate of drug-likeness (QED) is 0.513. The lowest BCUT2D eigenvalue weighted by atomic mass is 9.90. The van der Waals surface area contributed by atoms with E-state index in [0.717, 1.165) is 49.7 Å². The van der Waals surface area contributed by atoms with Crippen molar-refractivity contribution in [2.24, 2.45) is 17.6 Å². The highest BCUT2D eigenvalue weighted by molar-refractivity contribution is 5.98. The van der Waals surface area contributed by atoms with Crippen molar-refractivity contribution in [2.75, 3.05) is 18.4 Å². The molecule has 0 aliphatic heterocycles. The van der Waals surface area contributed by atoms with E-state index in [9.17, 15) is 18.0 Å². The Kier molecular flexibility index (Phi) is 6.31. The summed E-state index contributed by atoms with van der Waals surface area (Å²) < 4.78 is 40.3. The molecule has 3 saturated carbocycles. The van der Waals surface area contributed by atoms with Crippen LogP contribution in [-0.2, 0) is 6.18 Å². The summed E-state index contributed by atoms with van der Waals surface area (Å²) in [7, 11) is 0. The van der Waals surface area contributed by atoms with E-state index in [4.69, 9.17) is 5.73 Å². The maximum atomic E-state index is 12.8. The van der Waals surface area contributed by atoms with Gasteiger partial charge in [-0.15, -0.1) is 0 Å². The lowest BCUT2D eigenvalue weighted by Gasteiger charge is -2.37. The molecule has 0 radical (unpaired) electrons. The van der Waals surface area contributed by atoms with Crippen LogP contribution >= 0.6 is 0 Å². The predicted octanol–water partition coefficient (Wildman–Crippen LogP) is 5.35. The van der Waals surface area contributed by atoms with E-state index in [2.05, 4.69) is 15.3 Å². The fourth-order valence-electron chi connectivity index (χ4n) is 5.06. The number of nitrogens with zero attached hydrogens (tertiary/aromatic N) is 3. The van der Waals surface area contributed by atoms with Gasteiger partial charge in [-0.1, -0.05) is 0 Å². The zero-order valence-electron chi connectivity index (χ0n) is 19.2. The summed E-state index contributed by atoms with van der Waals surface area (Å²) in [6, 6.07) is 5.45. The van der Waals surface area contributed by atoms with Crippen molar-refractivity contribution in [1.82, 2.24) is 14.7 Å². The zero-order valence-corrected chi connectivity index (χ0v) is 19.2. The second-order valence-corrected chi connectivity index (χ2v) is 10.2. The van der Waals surface area contributed by atoms with Gasteiger partial charge in [-0.3, -0.25) is 14.4 Å². The number of carbonyl (C=O) groups excluding carboxylic acids is 1. The average molecular weight is 476 g/mol. The molecule has 0 unspecified atom stereocenters. The van der Waals surface area contributed by atoms with E-state index in [1.54, 1.807) is 6.20 Å². The third-order valence-corrected chi connectivity index (χ3v) is 7.41. The molecule has 1 heterocycles. The molecule has 3 fully saturated rings. The SMILES string of the molecule is NC(=O)c1cn(C2CCC(N(CC3CC3)CC3CC3)CC2)nc1Nc1ccc(C(F)(F)F)cc1. The molecule has 34 heavy (non-hydrogen) atoms. The molecule has 0 saturated heterocycles. The Morgan fingerprint density at radius 3 is 2.09 bits per heavy atom. The number of hydrogen-bond donors (Lipinski definition) is 2. The van der Waals surface area contributed by atoms with Crippen LogP contribution in [-0.4, -0.2) is 39.7 Å². The van der Waals surface area contributed by atoms with E-state index in [-0.39, 0.29) is 17.4 Å². The maximum absolute atomic E-state index is 12.8. The number of anilines is 2. The van der Waals surface area contributed by atoms with Crippen LogP contribution in [0.5, 0.6) is 0 Å². The molecule has 1 amide bonds. The number of aromatic nitrogens is 2. The molecule has 3 aliphatic carbocycles. The van der Waals surface area contributed by atoms with Gasteiger partial charge in [0.05, 0.1) is 11.6 Å². The molecule has 3 N–H and O–H groups in total. The summed E-state index contributed by atoms with van der Waals surface area (Å²) in [6.07, 6.45) is 6.93. The lowest BCUT2D eigenvalue weighted by Crippen LogP contribution is -2.41. The van der Waals surface area contributed by atoms with Crippen molar-refractivity contribution >= 4 is 17.4 Å². The number of alkyl halides is 3. The first-order valence-electron chi connectivity index (χ1n) is 12.3. The largest absolute Gasteiger partial charge is 0.416 e. The first-order chi connectivity index (χ1) is 16.3. The predicted molar refractivity (Wildman–Crippen MR) is 124 cm³/mol. The second kappa shape index (κ2) is 9.24. The smallest absolute Gasteiger partial charge is 0.365 e. The molecule has 0 atom stereocenters. The summed E-state index contributed by atoms with van der Waals surface area (Å²) in [5.74, 6) is 1.44. The topological polar surface area (TPSA) is 76.2 Å². The Labute approximate surface area is 197 Å². The molecule has 0 spiro atoms. The zero-order chi connectivity index (χ0) is 23.9. The van der Waals surface area contributed by atoms with Gasteiger partial charge < -0.3 is 11.1 Å². The van der Waals surface area contributed by atoms with E-state index < -0.39 is 17.6 Å². The molecule has 5 rings (SSSR count). The van der Waals surface area contributed by atoms with Gasteiger partial charge in [0.1, 0.15) is 5.56 Å². The molecule has 6 nitrogen and oxygen atoms in total. The number of benzene rings is 1. The van der Waals surface area contributed by atoms with Crippen molar-refractivity contribution in [1.29, 1.82) is 0 Å². The third-order valence-electron chi connectivity index (χ3n) is 7.41. The number of nitrogens with two attached hydrogens (primary N) is 1. The van der Waals surface area contributed by atoms with Crippen LogP contribution < -0.4 is 11.1 Å². The molecule has 1 aromatic carbocycles. The summed E-state index contributed by atoms with van der Waals surface area (Å²) in [5, 5.41) is 7.54. The summed E-state index contributed by atoms with van der Waals surface area (Å²) >= 11 is 0. The highest BCUT2D eigenvalue weighted by Crippen LogP contribution is 2.38.